The van der Waals surface area contributed by atoms with E-state index >= 15 is 0 Å². The highest BCUT2D eigenvalue weighted by molar-refractivity contribution is 9.10. The predicted molar refractivity (Wildman–Crippen MR) is 67.7 cm³/mol. The molecule has 3 heteroatoms. The van der Waals surface area contributed by atoms with E-state index in [2.05, 4.69) is 41.6 Å². The molecule has 0 aliphatic rings. The molecule has 0 radical (unpaired) electrons. The summed E-state index contributed by atoms with van der Waals surface area (Å²) in [6, 6.07) is 6.28. The van der Waals surface area contributed by atoms with Gasteiger partial charge in [-0.1, -0.05) is 0 Å². The Bertz CT molecular complexity index is 349. The average Bonchev–Trinajstić information content (AvgIpc) is 2.18. The first-order valence-electron chi connectivity index (χ1n) is 5.11. The molecule has 82 valence electrons. The van der Waals surface area contributed by atoms with E-state index in [4.69, 9.17) is 0 Å². The monoisotopic (exact) mass is 269 g/mol. The lowest BCUT2D eigenvalue weighted by molar-refractivity contribution is 0.112. The number of aldehydes is 1. The van der Waals surface area contributed by atoms with Crippen LogP contribution in [0.1, 0.15) is 31.1 Å². The Kier molecular flexibility index (Phi) is 4.33. The summed E-state index contributed by atoms with van der Waals surface area (Å²) in [5.41, 5.74) is 1.84. The van der Waals surface area contributed by atoms with E-state index in [0.29, 0.717) is 11.6 Å². The molecule has 0 unspecified atom stereocenters. The lowest BCUT2D eigenvalue weighted by Crippen LogP contribution is -2.30. The van der Waals surface area contributed by atoms with E-state index < -0.39 is 0 Å². The van der Waals surface area contributed by atoms with Crippen LogP contribution in [-0.4, -0.2) is 18.9 Å². The fourth-order valence-corrected chi connectivity index (χ4v) is 2.10. The van der Waals surface area contributed by atoms with Crippen molar-refractivity contribution in [1.82, 2.24) is 0 Å². The van der Waals surface area contributed by atoms with E-state index in [9.17, 15) is 4.79 Å². The van der Waals surface area contributed by atoms with E-state index in [1.54, 1.807) is 0 Å². The maximum absolute atomic E-state index is 10.7. The van der Waals surface area contributed by atoms with Crippen LogP contribution in [0.5, 0.6) is 0 Å². The summed E-state index contributed by atoms with van der Waals surface area (Å²) in [6.45, 7) is 7.40. The maximum atomic E-state index is 10.7. The highest BCUT2D eigenvalue weighted by Crippen LogP contribution is 2.24. The van der Waals surface area contributed by atoms with Gasteiger partial charge in [0.2, 0.25) is 0 Å². The van der Waals surface area contributed by atoms with Crippen molar-refractivity contribution in [3.63, 3.8) is 0 Å². The van der Waals surface area contributed by atoms with Gasteiger partial charge in [-0.2, -0.15) is 0 Å². The Morgan fingerprint density at radius 3 is 2.53 bits per heavy atom. The number of carbonyl (C=O) groups is 1. The summed E-state index contributed by atoms with van der Waals surface area (Å²) in [4.78, 5) is 12.9. The van der Waals surface area contributed by atoms with Gasteiger partial charge in [0.25, 0.3) is 0 Å². The molecule has 0 aliphatic carbocycles. The normalized spacial score (nSPS) is 10.5. The topological polar surface area (TPSA) is 20.3 Å². The van der Waals surface area contributed by atoms with Crippen LogP contribution in [0, 0.1) is 0 Å². The molecule has 0 fully saturated rings. The standard InChI is InChI=1S/C12H16BrNO/c1-4-14(9(2)3)11-6-5-10(8-15)12(13)7-11/h5-9H,4H2,1-3H3. The third-order valence-electron chi connectivity index (χ3n) is 2.41. The van der Waals surface area contributed by atoms with Gasteiger partial charge in [0.1, 0.15) is 0 Å². The van der Waals surface area contributed by atoms with Gasteiger partial charge in [0.05, 0.1) is 0 Å². The Labute approximate surface area is 99.4 Å². The molecule has 0 amide bonds. The van der Waals surface area contributed by atoms with Crippen molar-refractivity contribution in [2.45, 2.75) is 26.8 Å². The molecule has 15 heavy (non-hydrogen) atoms. The second kappa shape index (κ2) is 5.31. The van der Waals surface area contributed by atoms with Crippen LogP contribution in [0.25, 0.3) is 0 Å². The lowest BCUT2D eigenvalue weighted by Gasteiger charge is -2.27. The highest BCUT2D eigenvalue weighted by atomic mass is 79.9. The molecule has 0 aromatic heterocycles. The molecule has 0 bridgehead atoms. The number of hydrogen-bond acceptors (Lipinski definition) is 2. The molecule has 0 saturated carbocycles. The molecule has 0 N–H and O–H groups in total. The zero-order chi connectivity index (χ0) is 11.4. The summed E-state index contributed by atoms with van der Waals surface area (Å²) >= 11 is 3.40. The number of halogens is 1. The van der Waals surface area contributed by atoms with E-state index in [1.165, 1.54) is 0 Å². The van der Waals surface area contributed by atoms with Crippen LogP contribution in [-0.2, 0) is 0 Å². The van der Waals surface area contributed by atoms with Gasteiger partial charge < -0.3 is 4.90 Å². The quantitative estimate of drug-likeness (QED) is 0.780. The Balaban J connectivity index is 3.05. The summed E-state index contributed by atoms with van der Waals surface area (Å²) in [5.74, 6) is 0. The lowest BCUT2D eigenvalue weighted by atomic mass is 10.2. The molecule has 1 aromatic carbocycles. The van der Waals surface area contributed by atoms with Gasteiger partial charge in [-0.25, -0.2) is 0 Å². The minimum atomic E-state index is 0.462. The summed E-state index contributed by atoms with van der Waals surface area (Å²) in [7, 11) is 0. The van der Waals surface area contributed by atoms with Crippen LogP contribution in [0.3, 0.4) is 0 Å². The number of carbonyl (C=O) groups excluding carboxylic acids is 1. The number of rotatable bonds is 4. The van der Waals surface area contributed by atoms with E-state index in [0.717, 1.165) is 23.0 Å². The predicted octanol–water partition coefficient (Wildman–Crippen LogP) is 3.50. The Morgan fingerprint density at radius 1 is 1.47 bits per heavy atom. The SMILES string of the molecule is CCN(c1ccc(C=O)c(Br)c1)C(C)C. The van der Waals surface area contributed by atoms with Crippen molar-refractivity contribution in [2.75, 3.05) is 11.4 Å². The first-order valence-corrected chi connectivity index (χ1v) is 5.90. The van der Waals surface area contributed by atoms with Gasteiger partial charge >= 0.3 is 0 Å². The minimum Gasteiger partial charge on any atom is -0.369 e. The molecular formula is C12H16BrNO. The number of nitrogens with zero attached hydrogens (tertiary/aromatic N) is 1. The maximum Gasteiger partial charge on any atom is 0.151 e. The largest absolute Gasteiger partial charge is 0.369 e. The van der Waals surface area contributed by atoms with Crippen molar-refractivity contribution >= 4 is 27.9 Å². The first-order chi connectivity index (χ1) is 7.10. The molecule has 0 aliphatic heterocycles. The molecule has 1 aromatic rings. The molecule has 0 atom stereocenters. The molecule has 0 saturated heterocycles. The molecule has 0 spiro atoms. The molecule has 1 rings (SSSR count). The van der Waals surface area contributed by atoms with Crippen LogP contribution in [0.2, 0.25) is 0 Å². The van der Waals surface area contributed by atoms with Crippen molar-refractivity contribution in [3.8, 4) is 0 Å². The van der Waals surface area contributed by atoms with Crippen molar-refractivity contribution in [2.24, 2.45) is 0 Å². The fourth-order valence-electron chi connectivity index (χ4n) is 1.64. The third kappa shape index (κ3) is 2.81. The summed E-state index contributed by atoms with van der Waals surface area (Å²) < 4.78 is 0.856. The van der Waals surface area contributed by atoms with Gasteiger partial charge in [-0.3, -0.25) is 4.79 Å². The Hall–Kier alpha value is -0.830. The third-order valence-corrected chi connectivity index (χ3v) is 3.09. The van der Waals surface area contributed by atoms with Crippen LogP contribution in [0.4, 0.5) is 5.69 Å². The second-order valence-electron chi connectivity index (χ2n) is 3.70. The van der Waals surface area contributed by atoms with Gasteiger partial charge in [-0.15, -0.1) is 0 Å². The first kappa shape index (κ1) is 12.2. The number of hydrogen-bond donors (Lipinski definition) is 0. The number of benzene rings is 1. The molecule has 0 heterocycles. The van der Waals surface area contributed by atoms with Crippen molar-refractivity contribution in [3.05, 3.63) is 28.2 Å². The van der Waals surface area contributed by atoms with Crippen LogP contribution < -0.4 is 4.90 Å². The van der Waals surface area contributed by atoms with Crippen LogP contribution in [0.15, 0.2) is 22.7 Å². The van der Waals surface area contributed by atoms with Crippen molar-refractivity contribution < 1.29 is 4.79 Å². The summed E-state index contributed by atoms with van der Waals surface area (Å²) in [5, 5.41) is 0. The molecule has 2 nitrogen and oxygen atoms in total. The van der Waals surface area contributed by atoms with Crippen LogP contribution >= 0.6 is 15.9 Å². The Morgan fingerprint density at radius 2 is 2.13 bits per heavy atom. The minimum absolute atomic E-state index is 0.462. The summed E-state index contributed by atoms with van der Waals surface area (Å²) in [6.07, 6.45) is 0.861. The average molecular weight is 270 g/mol. The number of anilines is 1. The zero-order valence-corrected chi connectivity index (χ0v) is 10.9. The fraction of sp³-hybridized carbons (Fsp3) is 0.417. The van der Waals surface area contributed by atoms with E-state index in [-0.39, 0.29) is 0 Å². The second-order valence-corrected chi connectivity index (χ2v) is 4.56. The van der Waals surface area contributed by atoms with Gasteiger partial charge in [0.15, 0.2) is 6.29 Å². The molecular weight excluding hydrogens is 254 g/mol. The highest BCUT2D eigenvalue weighted by Gasteiger charge is 2.09. The van der Waals surface area contributed by atoms with Gasteiger partial charge in [-0.05, 0) is 54.9 Å². The van der Waals surface area contributed by atoms with E-state index in [1.807, 2.05) is 18.2 Å². The smallest absolute Gasteiger partial charge is 0.151 e. The van der Waals surface area contributed by atoms with Gasteiger partial charge in [0, 0.05) is 28.3 Å². The zero-order valence-electron chi connectivity index (χ0n) is 9.33. The van der Waals surface area contributed by atoms with Crippen molar-refractivity contribution in [1.29, 1.82) is 0 Å².